The van der Waals surface area contributed by atoms with Gasteiger partial charge in [-0.15, -0.1) is 0 Å². The predicted octanol–water partition coefficient (Wildman–Crippen LogP) is 5.16. The highest BCUT2D eigenvalue weighted by Gasteiger charge is 2.43. The lowest BCUT2D eigenvalue weighted by Gasteiger charge is -2.27. The minimum atomic E-state index is -0.387. The van der Waals surface area contributed by atoms with Gasteiger partial charge >= 0.3 is 0 Å². The number of nitrogens with two attached hydrogens (primary N) is 1. The lowest BCUT2D eigenvalue weighted by molar-refractivity contribution is 0.0777. The number of pyridine rings is 1. The van der Waals surface area contributed by atoms with Gasteiger partial charge < -0.3 is 35.7 Å². The monoisotopic (exact) mass is 635 g/mol. The molecule has 1 saturated carbocycles. The minimum absolute atomic E-state index is 0.266. The normalized spacial score (nSPS) is 24.6. The Balaban J connectivity index is 1.10. The van der Waals surface area contributed by atoms with Crippen molar-refractivity contribution in [3.05, 3.63) is 107 Å². The number of likely N-dealkylation sites (N-methyl/N-ethyl adjacent to an activating group) is 1. The Morgan fingerprint density at radius 1 is 1.13 bits per heavy atom. The Morgan fingerprint density at radius 3 is 2.81 bits per heavy atom. The molecule has 2 aromatic heterocycles. The van der Waals surface area contributed by atoms with Gasteiger partial charge in [0.1, 0.15) is 30.0 Å². The first-order valence-corrected chi connectivity index (χ1v) is 16.4. The summed E-state index contributed by atoms with van der Waals surface area (Å²) in [7, 11) is 3.93. The number of benzene rings is 1. The average molecular weight is 636 g/mol. The van der Waals surface area contributed by atoms with E-state index in [1.54, 1.807) is 12.4 Å². The van der Waals surface area contributed by atoms with Crippen molar-refractivity contribution >= 4 is 16.6 Å². The minimum Gasteiger partial charge on any atom is -0.494 e. The molecule has 2 unspecified atom stereocenters. The van der Waals surface area contributed by atoms with Gasteiger partial charge in [-0.25, -0.2) is 4.39 Å². The molecule has 2 aliphatic carbocycles. The molecule has 0 spiro atoms. The lowest BCUT2D eigenvalue weighted by Crippen LogP contribution is -2.32. The van der Waals surface area contributed by atoms with E-state index in [0.29, 0.717) is 53.3 Å². The van der Waals surface area contributed by atoms with E-state index >= 15 is 0 Å². The molecule has 0 bridgehead atoms. The number of rotatable bonds is 10. The van der Waals surface area contributed by atoms with Gasteiger partial charge in [-0.2, -0.15) is 0 Å². The summed E-state index contributed by atoms with van der Waals surface area (Å²) < 4.78 is 27.0. The number of hydrogen-bond acceptors (Lipinski definition) is 8. The summed E-state index contributed by atoms with van der Waals surface area (Å²) in [5, 5.41) is 16.9. The Labute approximate surface area is 274 Å². The zero-order valence-corrected chi connectivity index (χ0v) is 26.9. The maximum Gasteiger partial charge on any atom is 0.127 e. The zero-order valence-electron chi connectivity index (χ0n) is 26.9. The summed E-state index contributed by atoms with van der Waals surface area (Å²) in [5.41, 5.74) is 12.9. The first-order chi connectivity index (χ1) is 22.8. The van der Waals surface area contributed by atoms with E-state index in [-0.39, 0.29) is 17.6 Å². The van der Waals surface area contributed by atoms with Crippen molar-refractivity contribution in [2.24, 2.45) is 17.6 Å². The average Bonchev–Trinajstić information content (AvgIpc) is 3.71. The highest BCUT2D eigenvalue weighted by molar-refractivity contribution is 6.15. The standard InChI is InChI=1S/C37H42FN7O2/c1-45(2)11-12-46-27-15-23(14-25(38)18-27)31-20-42-21-35-30(31)19-34(44-35)37(40)28-7-10-43-33(4-3-32(28)39)24-13-22-16-29(22)36(17-24)47-26-5-8-41-9-6-26/h3-4,7,13-15,17-22,26,29,40-41,43-44H,5-6,8-12,16,39H2,1-2H3/b28-7-,32-3+,33-4+,40-37?. The third-order valence-corrected chi connectivity index (χ3v) is 9.21. The van der Waals surface area contributed by atoms with Crippen LogP contribution in [-0.4, -0.2) is 73.6 Å². The van der Waals surface area contributed by atoms with Crippen molar-refractivity contribution in [3.63, 3.8) is 0 Å². The molecule has 10 heteroatoms. The first kappa shape index (κ1) is 31.0. The molecular weight excluding hydrogens is 593 g/mol. The van der Waals surface area contributed by atoms with Crippen LogP contribution in [0.3, 0.4) is 0 Å². The molecule has 9 nitrogen and oxygen atoms in total. The molecule has 4 heterocycles. The van der Waals surface area contributed by atoms with Crippen LogP contribution in [0.4, 0.5) is 4.39 Å². The van der Waals surface area contributed by atoms with Crippen molar-refractivity contribution < 1.29 is 13.9 Å². The third kappa shape index (κ3) is 6.89. The van der Waals surface area contributed by atoms with Crippen LogP contribution in [0.5, 0.6) is 5.75 Å². The Hall–Kier alpha value is -4.67. The summed E-state index contributed by atoms with van der Waals surface area (Å²) in [4.78, 5) is 9.74. The Kier molecular flexibility index (Phi) is 8.70. The van der Waals surface area contributed by atoms with Crippen molar-refractivity contribution in [1.29, 1.82) is 5.41 Å². The molecule has 244 valence electrons. The SMILES string of the molecule is CN(C)CCOc1cc(F)cc(-c2cncc3[nH]c(C(=N)C4=C\CN/C(C5=CC6CC6C(OC6CCNCC6)=C5)=C/C=C\4N)cc23)c1. The fourth-order valence-electron chi connectivity index (χ4n) is 6.52. The molecule has 1 saturated heterocycles. The maximum atomic E-state index is 14.7. The highest BCUT2D eigenvalue weighted by atomic mass is 19.1. The van der Waals surface area contributed by atoms with E-state index in [0.717, 1.165) is 72.4 Å². The third-order valence-electron chi connectivity index (χ3n) is 9.21. The fraction of sp³-hybridized carbons (Fsp3) is 0.351. The van der Waals surface area contributed by atoms with Crippen LogP contribution >= 0.6 is 0 Å². The quantitative estimate of drug-likeness (QED) is 0.195. The second-order valence-corrected chi connectivity index (χ2v) is 13.0. The Bertz CT molecular complexity index is 1840. The van der Waals surface area contributed by atoms with Crippen molar-refractivity contribution in [2.75, 3.05) is 46.9 Å². The first-order valence-electron chi connectivity index (χ1n) is 16.4. The van der Waals surface area contributed by atoms with Crippen LogP contribution in [0.1, 0.15) is 25.0 Å². The van der Waals surface area contributed by atoms with Crippen LogP contribution < -0.4 is 21.1 Å². The molecule has 2 atom stereocenters. The molecule has 0 amide bonds. The number of fused-ring (bicyclic) bond motifs is 2. The van der Waals surface area contributed by atoms with Gasteiger partial charge in [0.2, 0.25) is 0 Å². The summed E-state index contributed by atoms with van der Waals surface area (Å²) in [5.74, 6) is 2.21. The van der Waals surface area contributed by atoms with E-state index in [4.69, 9.17) is 20.6 Å². The van der Waals surface area contributed by atoms with Gasteiger partial charge in [0.05, 0.1) is 23.1 Å². The van der Waals surface area contributed by atoms with E-state index in [2.05, 4.69) is 32.8 Å². The summed E-state index contributed by atoms with van der Waals surface area (Å²) in [6.07, 6.45) is 17.3. The lowest BCUT2D eigenvalue weighted by atomic mass is 9.98. The van der Waals surface area contributed by atoms with Crippen molar-refractivity contribution in [3.8, 4) is 16.9 Å². The van der Waals surface area contributed by atoms with E-state index < -0.39 is 0 Å². The molecule has 3 aromatic rings. The number of piperidine rings is 1. The maximum absolute atomic E-state index is 14.7. The zero-order chi connectivity index (χ0) is 32.5. The van der Waals surface area contributed by atoms with Crippen LogP contribution in [0, 0.1) is 23.1 Å². The van der Waals surface area contributed by atoms with E-state index in [9.17, 15) is 4.39 Å². The number of H-pyrrole nitrogens is 1. The number of nitrogens with zero attached hydrogens (tertiary/aromatic N) is 2. The van der Waals surface area contributed by atoms with Gasteiger partial charge in [0.15, 0.2) is 0 Å². The van der Waals surface area contributed by atoms with Gasteiger partial charge in [0.25, 0.3) is 0 Å². The van der Waals surface area contributed by atoms with Crippen LogP contribution in [-0.2, 0) is 4.74 Å². The van der Waals surface area contributed by atoms with Crippen molar-refractivity contribution in [2.45, 2.75) is 25.4 Å². The Morgan fingerprint density at radius 2 is 1.98 bits per heavy atom. The molecule has 47 heavy (non-hydrogen) atoms. The predicted molar refractivity (Wildman–Crippen MR) is 184 cm³/mol. The number of halogens is 1. The highest BCUT2D eigenvalue weighted by Crippen LogP contribution is 2.50. The molecule has 2 aliphatic heterocycles. The van der Waals surface area contributed by atoms with Gasteiger partial charge in [-0.3, -0.25) is 10.4 Å². The smallest absolute Gasteiger partial charge is 0.127 e. The molecular formula is C37H42FN7O2. The largest absolute Gasteiger partial charge is 0.494 e. The van der Waals surface area contributed by atoms with E-state index in [1.165, 1.54) is 12.1 Å². The molecule has 1 aromatic carbocycles. The second-order valence-electron chi connectivity index (χ2n) is 13.0. The fourth-order valence-corrected chi connectivity index (χ4v) is 6.52. The van der Waals surface area contributed by atoms with Crippen LogP contribution in [0.15, 0.2) is 95.3 Å². The molecule has 4 aliphatic rings. The number of hydrogen-bond donors (Lipinski definition) is 5. The molecule has 0 radical (unpaired) electrons. The summed E-state index contributed by atoms with van der Waals surface area (Å²) >= 11 is 0. The van der Waals surface area contributed by atoms with E-state index in [1.807, 2.05) is 49.4 Å². The summed E-state index contributed by atoms with van der Waals surface area (Å²) in [6, 6.07) is 6.59. The van der Waals surface area contributed by atoms with Gasteiger partial charge in [0, 0.05) is 59.2 Å². The van der Waals surface area contributed by atoms with Crippen LogP contribution in [0.25, 0.3) is 22.0 Å². The second kappa shape index (κ2) is 13.2. The number of allylic oxidation sites excluding steroid dienone is 6. The number of ether oxygens (including phenoxy) is 2. The number of nitrogens with one attached hydrogen (secondary N) is 4. The van der Waals surface area contributed by atoms with Gasteiger partial charge in [-0.1, -0.05) is 12.2 Å². The number of aromatic amines is 1. The topological polar surface area (TPSA) is 124 Å². The number of aromatic nitrogens is 2. The molecule has 7 rings (SSSR count). The van der Waals surface area contributed by atoms with Crippen LogP contribution in [0.2, 0.25) is 0 Å². The van der Waals surface area contributed by atoms with Gasteiger partial charge in [-0.05, 0) is 99.9 Å². The van der Waals surface area contributed by atoms with Crippen molar-refractivity contribution in [1.82, 2.24) is 25.5 Å². The summed E-state index contributed by atoms with van der Waals surface area (Å²) in [6.45, 7) is 3.69. The molecule has 6 N–H and O–H groups in total. The molecule has 2 fully saturated rings.